The highest BCUT2D eigenvalue weighted by Crippen LogP contribution is 2.23. The van der Waals surface area contributed by atoms with E-state index in [9.17, 15) is 9.59 Å². The SMILES string of the molecule is CN(C)C(=O)CNC(=O)c1ccc(CSc2nc3ccccc3[nH]2)cc1. The maximum absolute atomic E-state index is 12.1. The Labute approximate surface area is 156 Å². The number of carbonyl (C=O) groups excluding carboxylic acids is 2. The molecule has 2 aromatic carbocycles. The van der Waals surface area contributed by atoms with E-state index >= 15 is 0 Å². The third-order valence-corrected chi connectivity index (χ3v) is 4.80. The predicted octanol–water partition coefficient (Wildman–Crippen LogP) is 2.67. The summed E-state index contributed by atoms with van der Waals surface area (Å²) in [5.41, 5.74) is 3.61. The van der Waals surface area contributed by atoms with Gasteiger partial charge in [-0.3, -0.25) is 9.59 Å². The highest BCUT2D eigenvalue weighted by Gasteiger charge is 2.09. The minimum absolute atomic E-state index is 0.00447. The van der Waals surface area contributed by atoms with E-state index in [-0.39, 0.29) is 18.4 Å². The molecule has 7 heteroatoms. The Morgan fingerprint density at radius 3 is 2.54 bits per heavy atom. The van der Waals surface area contributed by atoms with E-state index < -0.39 is 0 Å². The first-order chi connectivity index (χ1) is 12.5. The monoisotopic (exact) mass is 368 g/mol. The normalized spacial score (nSPS) is 10.7. The lowest BCUT2D eigenvalue weighted by Crippen LogP contribution is -2.36. The van der Waals surface area contributed by atoms with Gasteiger partial charge in [-0.15, -0.1) is 0 Å². The van der Waals surface area contributed by atoms with Gasteiger partial charge in [-0.05, 0) is 29.8 Å². The first kappa shape index (κ1) is 18.0. The second-order valence-corrected chi connectivity index (χ2v) is 6.98. The molecule has 1 aromatic heterocycles. The Balaban J connectivity index is 1.55. The number of amides is 2. The molecular formula is C19H20N4O2S. The van der Waals surface area contributed by atoms with Crippen molar-refractivity contribution in [1.82, 2.24) is 20.2 Å². The van der Waals surface area contributed by atoms with Gasteiger partial charge in [0.05, 0.1) is 17.6 Å². The number of imidazole rings is 1. The number of thioether (sulfide) groups is 1. The van der Waals surface area contributed by atoms with Gasteiger partial charge in [-0.2, -0.15) is 0 Å². The number of rotatable bonds is 6. The smallest absolute Gasteiger partial charge is 0.251 e. The summed E-state index contributed by atoms with van der Waals surface area (Å²) < 4.78 is 0. The van der Waals surface area contributed by atoms with E-state index in [1.54, 1.807) is 38.0 Å². The molecule has 0 fully saturated rings. The van der Waals surface area contributed by atoms with E-state index in [4.69, 9.17) is 0 Å². The third-order valence-electron chi connectivity index (χ3n) is 3.86. The number of H-pyrrole nitrogens is 1. The summed E-state index contributed by atoms with van der Waals surface area (Å²) in [6.07, 6.45) is 0. The molecule has 0 bridgehead atoms. The molecular weight excluding hydrogens is 348 g/mol. The first-order valence-electron chi connectivity index (χ1n) is 8.18. The van der Waals surface area contributed by atoms with Crippen molar-refractivity contribution in [2.24, 2.45) is 0 Å². The number of hydrogen-bond donors (Lipinski definition) is 2. The van der Waals surface area contributed by atoms with Crippen LogP contribution in [0.15, 0.2) is 53.7 Å². The highest BCUT2D eigenvalue weighted by molar-refractivity contribution is 7.98. The molecule has 0 radical (unpaired) electrons. The van der Waals surface area contributed by atoms with Gasteiger partial charge in [0.25, 0.3) is 5.91 Å². The van der Waals surface area contributed by atoms with Crippen molar-refractivity contribution in [3.05, 3.63) is 59.7 Å². The largest absolute Gasteiger partial charge is 0.347 e. The summed E-state index contributed by atoms with van der Waals surface area (Å²) in [5, 5.41) is 3.49. The van der Waals surface area contributed by atoms with Crippen LogP contribution in [0.4, 0.5) is 0 Å². The van der Waals surface area contributed by atoms with Crippen LogP contribution in [0.5, 0.6) is 0 Å². The van der Waals surface area contributed by atoms with Crippen molar-refractivity contribution >= 4 is 34.6 Å². The quantitative estimate of drug-likeness (QED) is 0.656. The van der Waals surface area contributed by atoms with Crippen LogP contribution < -0.4 is 5.32 Å². The van der Waals surface area contributed by atoms with E-state index in [1.165, 1.54) is 4.90 Å². The molecule has 0 saturated carbocycles. The zero-order valence-corrected chi connectivity index (χ0v) is 15.5. The molecule has 0 unspecified atom stereocenters. The number of nitrogens with one attached hydrogen (secondary N) is 2. The second-order valence-electron chi connectivity index (χ2n) is 6.02. The minimum Gasteiger partial charge on any atom is -0.347 e. The van der Waals surface area contributed by atoms with Crippen molar-refractivity contribution in [3.63, 3.8) is 0 Å². The van der Waals surface area contributed by atoms with Crippen molar-refractivity contribution in [2.45, 2.75) is 10.9 Å². The van der Waals surface area contributed by atoms with Crippen molar-refractivity contribution < 1.29 is 9.59 Å². The van der Waals surface area contributed by atoms with Gasteiger partial charge in [0.15, 0.2) is 5.16 Å². The second kappa shape index (κ2) is 8.05. The topological polar surface area (TPSA) is 78.1 Å². The molecule has 26 heavy (non-hydrogen) atoms. The number of carbonyl (C=O) groups is 2. The lowest BCUT2D eigenvalue weighted by Gasteiger charge is -2.11. The molecule has 0 aliphatic heterocycles. The van der Waals surface area contributed by atoms with Gasteiger partial charge in [-0.1, -0.05) is 36.0 Å². The fourth-order valence-corrected chi connectivity index (χ4v) is 3.16. The molecule has 0 aliphatic carbocycles. The highest BCUT2D eigenvalue weighted by atomic mass is 32.2. The van der Waals surface area contributed by atoms with Crippen LogP contribution >= 0.6 is 11.8 Å². The van der Waals surface area contributed by atoms with Crippen molar-refractivity contribution in [3.8, 4) is 0 Å². The van der Waals surface area contributed by atoms with Gasteiger partial charge in [0, 0.05) is 25.4 Å². The Morgan fingerprint density at radius 2 is 1.85 bits per heavy atom. The molecule has 0 aliphatic rings. The number of likely N-dealkylation sites (N-methyl/N-ethyl adjacent to an activating group) is 1. The van der Waals surface area contributed by atoms with Crippen molar-refractivity contribution in [1.29, 1.82) is 0 Å². The van der Waals surface area contributed by atoms with Crippen LogP contribution in [0, 0.1) is 0 Å². The van der Waals surface area contributed by atoms with Gasteiger partial charge >= 0.3 is 0 Å². The number of para-hydroxylation sites is 2. The molecule has 0 saturated heterocycles. The number of benzene rings is 2. The lowest BCUT2D eigenvalue weighted by atomic mass is 10.1. The lowest BCUT2D eigenvalue weighted by molar-refractivity contribution is -0.127. The zero-order valence-electron chi connectivity index (χ0n) is 14.7. The summed E-state index contributed by atoms with van der Waals surface area (Å²) >= 11 is 1.61. The minimum atomic E-state index is -0.253. The molecule has 2 N–H and O–H groups in total. The molecule has 0 atom stereocenters. The molecule has 6 nitrogen and oxygen atoms in total. The summed E-state index contributed by atoms with van der Waals surface area (Å²) in [6, 6.07) is 15.3. The Morgan fingerprint density at radius 1 is 1.12 bits per heavy atom. The number of aromatic nitrogens is 2. The molecule has 3 rings (SSSR count). The van der Waals surface area contributed by atoms with E-state index in [0.29, 0.717) is 5.56 Å². The van der Waals surface area contributed by atoms with E-state index in [1.807, 2.05) is 36.4 Å². The molecule has 1 heterocycles. The number of hydrogen-bond acceptors (Lipinski definition) is 4. The van der Waals surface area contributed by atoms with Crippen LogP contribution in [0.1, 0.15) is 15.9 Å². The van der Waals surface area contributed by atoms with E-state index in [0.717, 1.165) is 27.5 Å². The Bertz CT molecular complexity index is 886. The molecule has 134 valence electrons. The van der Waals surface area contributed by atoms with Crippen LogP contribution in [0.3, 0.4) is 0 Å². The predicted molar refractivity (Wildman–Crippen MR) is 103 cm³/mol. The maximum Gasteiger partial charge on any atom is 0.251 e. The molecule has 0 spiro atoms. The van der Waals surface area contributed by atoms with Crippen LogP contribution in [-0.4, -0.2) is 47.3 Å². The summed E-state index contributed by atoms with van der Waals surface area (Å²) in [5.74, 6) is 0.356. The van der Waals surface area contributed by atoms with Crippen LogP contribution in [-0.2, 0) is 10.5 Å². The van der Waals surface area contributed by atoms with Crippen LogP contribution in [0.25, 0.3) is 11.0 Å². The average Bonchev–Trinajstić information content (AvgIpc) is 3.07. The zero-order chi connectivity index (χ0) is 18.5. The average molecular weight is 368 g/mol. The third kappa shape index (κ3) is 4.43. The first-order valence-corrected chi connectivity index (χ1v) is 9.16. The van der Waals surface area contributed by atoms with Crippen LogP contribution in [0.2, 0.25) is 0 Å². The summed E-state index contributed by atoms with van der Waals surface area (Å²) in [7, 11) is 3.31. The molecule has 2 amide bonds. The fraction of sp³-hybridized carbons (Fsp3) is 0.211. The van der Waals surface area contributed by atoms with E-state index in [2.05, 4.69) is 15.3 Å². The Hall–Kier alpha value is -2.80. The summed E-state index contributed by atoms with van der Waals surface area (Å²) in [6.45, 7) is -0.00447. The Kier molecular flexibility index (Phi) is 5.58. The fourth-order valence-electron chi connectivity index (χ4n) is 2.32. The van der Waals surface area contributed by atoms with Crippen molar-refractivity contribution in [2.75, 3.05) is 20.6 Å². The van der Waals surface area contributed by atoms with Gasteiger partial charge < -0.3 is 15.2 Å². The number of fused-ring (bicyclic) bond motifs is 1. The maximum atomic E-state index is 12.1. The number of nitrogens with zero attached hydrogens (tertiary/aromatic N) is 2. The van der Waals surface area contributed by atoms with Gasteiger partial charge in [0.2, 0.25) is 5.91 Å². The standard InChI is InChI=1S/C19H20N4O2S/c1-23(2)17(24)11-20-18(25)14-9-7-13(8-10-14)12-26-19-21-15-5-3-4-6-16(15)22-19/h3-10H,11-12H2,1-2H3,(H,20,25)(H,21,22). The summed E-state index contributed by atoms with van der Waals surface area (Å²) in [4.78, 5) is 32.8. The van der Waals surface area contributed by atoms with Gasteiger partial charge in [-0.25, -0.2) is 4.98 Å². The number of aromatic amines is 1. The molecule has 3 aromatic rings. The van der Waals surface area contributed by atoms with Gasteiger partial charge in [0.1, 0.15) is 0 Å².